The fourth-order valence-corrected chi connectivity index (χ4v) is 5.22. The molecule has 35 heavy (non-hydrogen) atoms. The van der Waals surface area contributed by atoms with Crippen LogP contribution in [0.5, 0.6) is 5.75 Å². The van der Waals surface area contributed by atoms with Crippen molar-refractivity contribution in [2.45, 2.75) is 63.2 Å². The van der Waals surface area contributed by atoms with Crippen LogP contribution in [-0.4, -0.2) is 35.5 Å². The van der Waals surface area contributed by atoms with Gasteiger partial charge in [-0.25, -0.2) is 0 Å². The van der Waals surface area contributed by atoms with E-state index in [0.717, 1.165) is 56.3 Å². The van der Waals surface area contributed by atoms with Crippen molar-refractivity contribution in [2.24, 2.45) is 7.05 Å². The molecule has 0 radical (unpaired) electrons. The fraction of sp³-hybridized carbons (Fsp3) is 0.370. The van der Waals surface area contributed by atoms with Crippen LogP contribution in [0, 0.1) is 13.8 Å². The summed E-state index contributed by atoms with van der Waals surface area (Å²) < 4.78 is 8.14. The van der Waals surface area contributed by atoms with Crippen molar-refractivity contribution in [1.29, 1.82) is 0 Å². The molecule has 4 aromatic rings. The molecule has 0 saturated heterocycles. The fourth-order valence-electron chi connectivity index (χ4n) is 3.94. The van der Waals surface area contributed by atoms with Gasteiger partial charge in [0, 0.05) is 58.3 Å². The third-order valence-electron chi connectivity index (χ3n) is 5.58. The average molecular weight is 490 g/mol. The molecule has 0 aliphatic rings. The first-order valence-electron chi connectivity index (χ1n) is 11.6. The highest BCUT2D eigenvalue weighted by molar-refractivity contribution is 8.00. The zero-order chi connectivity index (χ0) is 25.2. The van der Waals surface area contributed by atoms with Crippen molar-refractivity contribution < 1.29 is 9.53 Å². The average Bonchev–Trinajstić information content (AvgIpc) is 3.08. The van der Waals surface area contributed by atoms with Gasteiger partial charge in [-0.15, -0.1) is 11.8 Å². The standard InChI is InChI=1S/C27H31N5O2S/c1-17-11-30-20(13-28-17)9-19(15-33)25-26(35-27(3,4)5)23-10-22(7-8-24(23)32(25)6)34-16-21-14-29-18(2)12-31-21/h7-8,10-15,19H,9,16H2,1-6H3. The van der Waals surface area contributed by atoms with Crippen LogP contribution in [-0.2, 0) is 24.9 Å². The first kappa shape index (κ1) is 24.9. The number of carbonyl (C=O) groups excluding carboxylic acids is 1. The van der Waals surface area contributed by atoms with Crippen LogP contribution in [0.2, 0.25) is 0 Å². The van der Waals surface area contributed by atoms with Crippen molar-refractivity contribution in [1.82, 2.24) is 24.5 Å². The summed E-state index contributed by atoms with van der Waals surface area (Å²) in [4.78, 5) is 31.0. The van der Waals surface area contributed by atoms with Crippen LogP contribution in [0.25, 0.3) is 10.9 Å². The predicted octanol–water partition coefficient (Wildman–Crippen LogP) is 5.37. The molecule has 3 aromatic heterocycles. The molecule has 0 bridgehead atoms. The number of aromatic nitrogens is 5. The molecule has 1 unspecified atom stereocenters. The van der Waals surface area contributed by atoms with Gasteiger partial charge in [0.25, 0.3) is 0 Å². The summed E-state index contributed by atoms with van der Waals surface area (Å²) >= 11 is 1.77. The van der Waals surface area contributed by atoms with E-state index >= 15 is 0 Å². The lowest BCUT2D eigenvalue weighted by atomic mass is 10.0. The van der Waals surface area contributed by atoms with Gasteiger partial charge in [-0.1, -0.05) is 20.8 Å². The number of nitrogens with zero attached hydrogens (tertiary/aromatic N) is 5. The minimum absolute atomic E-state index is 0.0471. The minimum atomic E-state index is -0.346. The Kier molecular flexibility index (Phi) is 7.21. The number of thioether (sulfide) groups is 1. The number of fused-ring (bicyclic) bond motifs is 1. The number of rotatable bonds is 8. The third kappa shape index (κ3) is 5.88. The maximum atomic E-state index is 12.4. The van der Waals surface area contributed by atoms with Crippen LogP contribution in [0.3, 0.4) is 0 Å². The first-order chi connectivity index (χ1) is 16.6. The Morgan fingerprint density at radius 3 is 2.23 bits per heavy atom. The highest BCUT2D eigenvalue weighted by Gasteiger charge is 2.27. The summed E-state index contributed by atoms with van der Waals surface area (Å²) in [5.41, 5.74) is 5.34. The second-order valence-corrected chi connectivity index (χ2v) is 11.5. The molecule has 0 N–H and O–H groups in total. The van der Waals surface area contributed by atoms with Crippen molar-refractivity contribution in [3.8, 4) is 5.75 Å². The molecule has 182 valence electrons. The summed E-state index contributed by atoms with van der Waals surface area (Å²) in [5, 5.41) is 1.07. The minimum Gasteiger partial charge on any atom is -0.487 e. The molecule has 0 spiro atoms. The van der Waals surface area contributed by atoms with E-state index in [-0.39, 0.29) is 10.7 Å². The zero-order valence-corrected chi connectivity index (χ0v) is 21.9. The third-order valence-corrected chi connectivity index (χ3v) is 6.82. The Bertz CT molecular complexity index is 1330. The molecule has 1 atom stereocenters. The number of hydrogen-bond acceptors (Lipinski definition) is 7. The molecule has 0 amide bonds. The van der Waals surface area contributed by atoms with Crippen molar-refractivity contribution in [2.75, 3.05) is 0 Å². The van der Waals surface area contributed by atoms with Crippen molar-refractivity contribution >= 4 is 29.0 Å². The van der Waals surface area contributed by atoms with Gasteiger partial charge < -0.3 is 14.1 Å². The van der Waals surface area contributed by atoms with Gasteiger partial charge >= 0.3 is 0 Å². The Balaban J connectivity index is 1.73. The maximum absolute atomic E-state index is 12.4. The lowest BCUT2D eigenvalue weighted by molar-refractivity contribution is -0.109. The first-order valence-corrected chi connectivity index (χ1v) is 12.4. The highest BCUT2D eigenvalue weighted by atomic mass is 32.2. The molecule has 8 heteroatoms. The monoisotopic (exact) mass is 489 g/mol. The summed E-state index contributed by atoms with van der Waals surface area (Å²) in [6.45, 7) is 10.7. The van der Waals surface area contributed by atoms with Gasteiger partial charge in [-0.3, -0.25) is 19.9 Å². The summed E-state index contributed by atoms with van der Waals surface area (Å²) in [5.74, 6) is 0.404. The normalized spacial score (nSPS) is 12.6. The molecule has 7 nitrogen and oxygen atoms in total. The second-order valence-electron chi connectivity index (χ2n) is 9.70. The predicted molar refractivity (Wildman–Crippen MR) is 139 cm³/mol. The molecular weight excluding hydrogens is 458 g/mol. The molecule has 1 aromatic carbocycles. The Morgan fingerprint density at radius 1 is 1.00 bits per heavy atom. The van der Waals surface area contributed by atoms with Crippen LogP contribution < -0.4 is 4.74 Å². The van der Waals surface area contributed by atoms with E-state index in [4.69, 9.17) is 4.74 Å². The van der Waals surface area contributed by atoms with Gasteiger partial charge in [0.15, 0.2) is 0 Å². The quantitative estimate of drug-likeness (QED) is 0.243. The van der Waals surface area contributed by atoms with E-state index < -0.39 is 0 Å². The number of benzene rings is 1. The van der Waals surface area contributed by atoms with Crippen molar-refractivity contribution in [3.05, 3.63) is 71.5 Å². The largest absolute Gasteiger partial charge is 0.487 e. The summed E-state index contributed by atoms with van der Waals surface area (Å²) in [6, 6.07) is 6.07. The van der Waals surface area contributed by atoms with E-state index in [9.17, 15) is 4.79 Å². The van der Waals surface area contributed by atoms with Crippen LogP contribution >= 0.6 is 11.8 Å². The van der Waals surface area contributed by atoms with Gasteiger partial charge in [-0.2, -0.15) is 0 Å². The number of ether oxygens (including phenoxy) is 1. The van der Waals surface area contributed by atoms with E-state index in [1.807, 2.05) is 27.0 Å². The smallest absolute Gasteiger partial charge is 0.132 e. The number of carbonyl (C=O) groups is 1. The Labute approximate surface area is 210 Å². The molecule has 4 rings (SSSR count). The Hall–Kier alpha value is -3.26. The number of aryl methyl sites for hydroxylation is 3. The lowest BCUT2D eigenvalue weighted by Crippen LogP contribution is -2.13. The molecule has 0 aliphatic carbocycles. The topological polar surface area (TPSA) is 82.8 Å². The lowest BCUT2D eigenvalue weighted by Gasteiger charge is -2.21. The molecule has 0 fully saturated rings. The van der Waals surface area contributed by atoms with E-state index in [2.05, 4.69) is 57.4 Å². The SMILES string of the molecule is Cc1cnc(COc2ccc3c(c2)c(SC(C)(C)C)c(C(C=O)Cc2cnc(C)cn2)n3C)cn1. The van der Waals surface area contributed by atoms with Crippen LogP contribution in [0.4, 0.5) is 0 Å². The Morgan fingerprint density at radius 2 is 1.66 bits per heavy atom. The van der Waals surface area contributed by atoms with Gasteiger partial charge in [0.2, 0.25) is 0 Å². The van der Waals surface area contributed by atoms with E-state index in [0.29, 0.717) is 13.0 Å². The van der Waals surface area contributed by atoms with E-state index in [1.165, 1.54) is 0 Å². The maximum Gasteiger partial charge on any atom is 0.132 e. The number of hydrogen-bond donors (Lipinski definition) is 0. The molecule has 0 aliphatic heterocycles. The molecule has 3 heterocycles. The molecular formula is C27H31N5O2S. The molecule has 0 saturated carbocycles. The summed E-state index contributed by atoms with van der Waals surface area (Å²) in [7, 11) is 2.02. The highest BCUT2D eigenvalue weighted by Crippen LogP contribution is 2.44. The zero-order valence-electron chi connectivity index (χ0n) is 21.1. The van der Waals surface area contributed by atoms with Crippen LogP contribution in [0.1, 0.15) is 55.2 Å². The number of aldehydes is 1. The van der Waals surface area contributed by atoms with E-state index in [1.54, 1.807) is 36.5 Å². The van der Waals surface area contributed by atoms with Gasteiger partial charge in [-0.05, 0) is 32.0 Å². The summed E-state index contributed by atoms with van der Waals surface area (Å²) in [6.07, 6.45) is 8.49. The van der Waals surface area contributed by atoms with Crippen LogP contribution in [0.15, 0.2) is 47.9 Å². The van der Waals surface area contributed by atoms with Gasteiger partial charge in [0.05, 0.1) is 34.9 Å². The second kappa shape index (κ2) is 10.2. The van der Waals surface area contributed by atoms with Gasteiger partial charge in [0.1, 0.15) is 18.6 Å². The van der Waals surface area contributed by atoms with Crippen molar-refractivity contribution in [3.63, 3.8) is 0 Å².